The first-order valence-corrected chi connectivity index (χ1v) is 5.83. The lowest BCUT2D eigenvalue weighted by molar-refractivity contribution is -0.134. The van der Waals surface area contributed by atoms with E-state index in [1.807, 2.05) is 0 Å². The van der Waals surface area contributed by atoms with Gasteiger partial charge < -0.3 is 0 Å². The minimum absolute atomic E-state index is 0.148. The zero-order valence-electron chi connectivity index (χ0n) is 9.56. The second kappa shape index (κ2) is 5.08. The maximum atomic E-state index is 13.1. The number of benzene rings is 1. The lowest BCUT2D eigenvalue weighted by Crippen LogP contribution is -2.18. The average molecular weight is 260 g/mol. The molecule has 1 aliphatic rings. The number of rotatable bonds is 2. The summed E-state index contributed by atoms with van der Waals surface area (Å²) in [5.74, 6) is -4.66. The molecule has 0 aliphatic heterocycles. The van der Waals surface area contributed by atoms with Crippen molar-refractivity contribution in [1.82, 2.24) is 0 Å². The third-order valence-corrected chi connectivity index (χ3v) is 3.53. The van der Waals surface area contributed by atoms with Crippen molar-refractivity contribution in [1.29, 1.82) is 0 Å². The van der Waals surface area contributed by atoms with E-state index in [0.29, 0.717) is 31.2 Å². The van der Waals surface area contributed by atoms with Crippen molar-refractivity contribution < 1.29 is 22.4 Å². The third kappa shape index (κ3) is 2.54. The standard InChI is InChI=1S/C13H12F4O/c14-10-5-9(6-11(15)12(10)16)7-1-3-8(4-2-7)13(17)18/h5-8H,1-4H2. The lowest BCUT2D eigenvalue weighted by atomic mass is 9.79. The number of hydrogen-bond donors (Lipinski definition) is 0. The van der Waals surface area contributed by atoms with Gasteiger partial charge in [-0.3, -0.25) is 4.79 Å². The fourth-order valence-corrected chi connectivity index (χ4v) is 2.46. The summed E-state index contributed by atoms with van der Waals surface area (Å²) in [6.45, 7) is 0. The molecule has 1 fully saturated rings. The lowest BCUT2D eigenvalue weighted by Gasteiger charge is -2.26. The maximum absolute atomic E-state index is 13.1. The van der Waals surface area contributed by atoms with E-state index >= 15 is 0 Å². The predicted molar refractivity (Wildman–Crippen MR) is 57.1 cm³/mol. The summed E-state index contributed by atoms with van der Waals surface area (Å²) in [4.78, 5) is 10.6. The van der Waals surface area contributed by atoms with Crippen LogP contribution in [-0.4, -0.2) is 6.04 Å². The maximum Gasteiger partial charge on any atom is 0.304 e. The van der Waals surface area contributed by atoms with Gasteiger partial charge in [0, 0.05) is 5.92 Å². The average Bonchev–Trinajstić information content (AvgIpc) is 2.35. The van der Waals surface area contributed by atoms with Crippen LogP contribution in [-0.2, 0) is 4.79 Å². The molecule has 5 heteroatoms. The second-order valence-electron chi connectivity index (χ2n) is 4.65. The Balaban J connectivity index is 2.12. The molecule has 2 rings (SSSR count). The third-order valence-electron chi connectivity index (χ3n) is 3.53. The fourth-order valence-electron chi connectivity index (χ4n) is 2.46. The van der Waals surface area contributed by atoms with Gasteiger partial charge in [-0.1, -0.05) is 0 Å². The van der Waals surface area contributed by atoms with Gasteiger partial charge in [0.05, 0.1) is 0 Å². The van der Waals surface area contributed by atoms with E-state index in [9.17, 15) is 22.4 Å². The monoisotopic (exact) mass is 260 g/mol. The molecule has 0 bridgehead atoms. The highest BCUT2D eigenvalue weighted by Crippen LogP contribution is 2.37. The van der Waals surface area contributed by atoms with Gasteiger partial charge in [-0.2, -0.15) is 4.39 Å². The van der Waals surface area contributed by atoms with Crippen molar-refractivity contribution in [3.63, 3.8) is 0 Å². The molecule has 1 saturated carbocycles. The van der Waals surface area contributed by atoms with Crippen molar-refractivity contribution in [2.75, 3.05) is 0 Å². The molecule has 0 aromatic heterocycles. The molecule has 1 aliphatic carbocycles. The van der Waals surface area contributed by atoms with Gasteiger partial charge in [0.2, 0.25) is 0 Å². The van der Waals surface area contributed by atoms with Crippen molar-refractivity contribution >= 4 is 6.04 Å². The van der Waals surface area contributed by atoms with Crippen LogP contribution in [0.3, 0.4) is 0 Å². The van der Waals surface area contributed by atoms with Crippen molar-refractivity contribution in [3.05, 3.63) is 35.1 Å². The van der Waals surface area contributed by atoms with Crippen LogP contribution in [0.4, 0.5) is 17.6 Å². The molecule has 0 heterocycles. The minimum atomic E-state index is -1.48. The molecule has 98 valence electrons. The summed E-state index contributed by atoms with van der Waals surface area (Å²) in [5.41, 5.74) is 0.371. The van der Waals surface area contributed by atoms with E-state index in [4.69, 9.17) is 0 Å². The van der Waals surface area contributed by atoms with E-state index < -0.39 is 29.4 Å². The molecule has 0 radical (unpaired) electrons. The first-order chi connectivity index (χ1) is 8.49. The smallest absolute Gasteiger partial charge is 0.261 e. The van der Waals surface area contributed by atoms with Crippen LogP contribution >= 0.6 is 0 Å². The summed E-state index contributed by atoms with van der Waals surface area (Å²) < 4.78 is 51.4. The highest BCUT2D eigenvalue weighted by Gasteiger charge is 2.28. The molecule has 0 amide bonds. The zero-order chi connectivity index (χ0) is 13.3. The molecule has 1 aromatic rings. The molecule has 0 N–H and O–H groups in total. The Morgan fingerprint density at radius 2 is 1.50 bits per heavy atom. The number of halogens is 4. The molecular formula is C13H12F4O. The largest absolute Gasteiger partial charge is 0.304 e. The van der Waals surface area contributed by atoms with E-state index in [1.165, 1.54) is 0 Å². The first kappa shape index (κ1) is 13.1. The van der Waals surface area contributed by atoms with Gasteiger partial charge in [-0.25, -0.2) is 13.2 Å². The summed E-state index contributed by atoms with van der Waals surface area (Å²) in [6, 6.07) is 0.617. The quantitative estimate of drug-likeness (QED) is 0.448. The van der Waals surface area contributed by atoms with Gasteiger partial charge in [0.15, 0.2) is 17.5 Å². The van der Waals surface area contributed by atoms with E-state index in [2.05, 4.69) is 0 Å². The molecule has 1 aromatic carbocycles. The van der Waals surface area contributed by atoms with Crippen LogP contribution in [0.2, 0.25) is 0 Å². The van der Waals surface area contributed by atoms with Crippen LogP contribution in [0.1, 0.15) is 37.2 Å². The molecule has 0 atom stereocenters. The van der Waals surface area contributed by atoms with Gasteiger partial charge in [0.25, 0.3) is 0 Å². The summed E-state index contributed by atoms with van der Waals surface area (Å²) >= 11 is 0. The Morgan fingerprint density at radius 3 is 1.94 bits per heavy atom. The van der Waals surface area contributed by atoms with Gasteiger partial charge in [-0.15, -0.1) is 0 Å². The summed E-state index contributed by atoms with van der Waals surface area (Å²) in [6.07, 6.45) is 1.68. The summed E-state index contributed by atoms with van der Waals surface area (Å²) in [5, 5.41) is 0. The number of carbonyl (C=O) groups is 1. The highest BCUT2D eigenvalue weighted by atomic mass is 19.2. The van der Waals surface area contributed by atoms with Gasteiger partial charge in [-0.05, 0) is 49.3 Å². The van der Waals surface area contributed by atoms with Crippen molar-refractivity contribution in [3.8, 4) is 0 Å². The van der Waals surface area contributed by atoms with Gasteiger partial charge in [0.1, 0.15) is 0 Å². The molecule has 0 saturated heterocycles. The molecular weight excluding hydrogens is 248 g/mol. The Labute approximate surface area is 102 Å². The van der Waals surface area contributed by atoms with Crippen LogP contribution < -0.4 is 0 Å². The first-order valence-electron chi connectivity index (χ1n) is 5.83. The highest BCUT2D eigenvalue weighted by molar-refractivity contribution is 5.71. The van der Waals surface area contributed by atoms with E-state index in [0.717, 1.165) is 12.1 Å². The van der Waals surface area contributed by atoms with Crippen LogP contribution in [0.25, 0.3) is 0 Å². The topological polar surface area (TPSA) is 17.1 Å². The Hall–Kier alpha value is -1.39. The van der Waals surface area contributed by atoms with Crippen molar-refractivity contribution in [2.24, 2.45) is 5.92 Å². The molecule has 0 unspecified atom stereocenters. The fraction of sp³-hybridized carbons (Fsp3) is 0.462. The van der Waals surface area contributed by atoms with Crippen LogP contribution in [0.15, 0.2) is 12.1 Å². The van der Waals surface area contributed by atoms with Crippen LogP contribution in [0.5, 0.6) is 0 Å². The Bertz CT molecular complexity index is 441. The zero-order valence-corrected chi connectivity index (χ0v) is 9.56. The van der Waals surface area contributed by atoms with E-state index in [1.54, 1.807) is 0 Å². The van der Waals surface area contributed by atoms with Gasteiger partial charge >= 0.3 is 6.04 Å². The normalized spacial score (nSPS) is 24.0. The molecule has 18 heavy (non-hydrogen) atoms. The van der Waals surface area contributed by atoms with Crippen LogP contribution in [0, 0.1) is 23.4 Å². The minimum Gasteiger partial charge on any atom is -0.261 e. The molecule has 0 spiro atoms. The van der Waals surface area contributed by atoms with E-state index in [-0.39, 0.29) is 5.92 Å². The number of carbonyl (C=O) groups excluding carboxylic acids is 1. The SMILES string of the molecule is O=C(F)C1CCC(c2cc(F)c(F)c(F)c2)CC1. The predicted octanol–water partition coefficient (Wildman–Crippen LogP) is 3.87. The Morgan fingerprint density at radius 1 is 1.00 bits per heavy atom. The Kier molecular flexibility index (Phi) is 3.68. The molecule has 1 nitrogen and oxygen atoms in total. The van der Waals surface area contributed by atoms with Crippen molar-refractivity contribution in [2.45, 2.75) is 31.6 Å². The summed E-state index contributed by atoms with van der Waals surface area (Å²) in [7, 11) is 0. The number of hydrogen-bond acceptors (Lipinski definition) is 1. The second-order valence-corrected chi connectivity index (χ2v) is 4.65.